The molecule has 0 amide bonds. The van der Waals surface area contributed by atoms with E-state index in [-0.39, 0.29) is 137 Å². The van der Waals surface area contributed by atoms with Crippen LogP contribution in [0.3, 0.4) is 0 Å². The SMILES string of the molecule is [Cs].[Cu].[I].[Pb]. The zero-order valence-corrected chi connectivity index (χ0v) is 15.4. The van der Waals surface area contributed by atoms with E-state index in [1.165, 1.54) is 0 Å². The number of rotatable bonds is 0. The molecule has 0 saturated carbocycles. The monoisotopic (exact) mass is 531 g/mol. The maximum absolute atomic E-state index is 0. The van der Waals surface area contributed by atoms with Gasteiger partial charge >= 0.3 is 0 Å². The molecule has 0 aromatic heterocycles. The van der Waals surface area contributed by atoms with Crippen molar-refractivity contribution in [3.05, 3.63) is 0 Å². The normalized spacial score (nSPS) is 0. The minimum atomic E-state index is 0. The van der Waals surface area contributed by atoms with Crippen LogP contribution >= 0.6 is 24.0 Å². The Hall–Kier alpha value is 4.22. The summed E-state index contributed by atoms with van der Waals surface area (Å²) in [6.07, 6.45) is 0. The van der Waals surface area contributed by atoms with Crippen LogP contribution in [-0.4, -0.2) is 96.2 Å². The predicted octanol–water partition coefficient (Wildman–Crippen LogP) is 0.122. The van der Waals surface area contributed by atoms with Crippen molar-refractivity contribution in [2.75, 3.05) is 0 Å². The molecule has 0 rings (SSSR count). The van der Waals surface area contributed by atoms with E-state index in [0.717, 1.165) is 0 Å². The Morgan fingerprint density at radius 1 is 1.00 bits per heavy atom. The number of hydrogen-bond acceptors (Lipinski definition) is 0. The second-order valence-corrected chi connectivity index (χ2v) is 0. The fourth-order valence-corrected chi connectivity index (χ4v) is 0. The quantitative estimate of drug-likeness (QED) is 0.309. The van der Waals surface area contributed by atoms with Gasteiger partial charge in [0.05, 0.1) is 0 Å². The zero-order chi connectivity index (χ0) is 0. The van der Waals surface area contributed by atoms with Crippen LogP contribution in [0.15, 0.2) is 0 Å². The minimum Gasteiger partial charge on any atom is 0 e. The van der Waals surface area contributed by atoms with Crippen molar-refractivity contribution >= 4 is 120 Å². The van der Waals surface area contributed by atoms with Crippen LogP contribution in [-0.2, 0) is 17.1 Å². The summed E-state index contributed by atoms with van der Waals surface area (Å²) in [6, 6.07) is 0. The molecule has 0 N–H and O–H groups in total. The molecule has 0 bridgehead atoms. The van der Waals surface area contributed by atoms with Crippen molar-refractivity contribution in [2.24, 2.45) is 0 Å². The fourth-order valence-electron chi connectivity index (χ4n) is 0. The molecule has 4 heteroatoms. The molecular weight excluding hydrogens is 531 g/mol. The summed E-state index contributed by atoms with van der Waals surface area (Å²) >= 11 is 0. The smallest absolute Gasteiger partial charge is 0 e. The first-order valence-electron chi connectivity index (χ1n) is 0. The third-order valence-electron chi connectivity index (χ3n) is 0. The molecule has 7 radical (unpaired) electrons. The van der Waals surface area contributed by atoms with Crippen molar-refractivity contribution in [3.63, 3.8) is 0 Å². The Labute approximate surface area is 133 Å². The van der Waals surface area contributed by atoms with Crippen molar-refractivity contribution in [2.45, 2.75) is 0 Å². The van der Waals surface area contributed by atoms with E-state index in [1.54, 1.807) is 0 Å². The molecule has 0 heterocycles. The molecular formula is CsCuIPb. The minimum absolute atomic E-state index is 0. The summed E-state index contributed by atoms with van der Waals surface area (Å²) in [4.78, 5) is 0. The molecule has 0 aromatic rings. The zero-order valence-electron chi connectivity index (χ0n) is 2.18. The van der Waals surface area contributed by atoms with Gasteiger partial charge in [-0.15, -0.1) is 0 Å². The standard InChI is InChI=1S/Cs.Cu.I.Pb. The summed E-state index contributed by atoms with van der Waals surface area (Å²) in [7, 11) is 0. The van der Waals surface area contributed by atoms with Gasteiger partial charge in [-0.3, -0.25) is 0 Å². The molecule has 0 aliphatic rings. The molecule has 0 atom stereocenters. The van der Waals surface area contributed by atoms with Crippen LogP contribution in [0.1, 0.15) is 0 Å². The van der Waals surface area contributed by atoms with Crippen LogP contribution in [0.25, 0.3) is 0 Å². The third kappa shape index (κ3) is 9.52. The Morgan fingerprint density at radius 2 is 1.00 bits per heavy atom. The van der Waals surface area contributed by atoms with Gasteiger partial charge in [-0.1, -0.05) is 0 Å². The first kappa shape index (κ1) is 24.1. The largest absolute Gasteiger partial charge is 0 e. The first-order valence-corrected chi connectivity index (χ1v) is 0. The van der Waals surface area contributed by atoms with Gasteiger partial charge in [0.2, 0.25) is 0 Å². The second-order valence-electron chi connectivity index (χ2n) is 0. The molecule has 0 aliphatic heterocycles. The predicted molar refractivity (Wildman–Crippen MR) is 25.5 cm³/mol. The molecule has 0 aliphatic carbocycles. The van der Waals surface area contributed by atoms with E-state index in [0.29, 0.717) is 0 Å². The van der Waals surface area contributed by atoms with Gasteiger partial charge < -0.3 is 0 Å². The van der Waals surface area contributed by atoms with Crippen LogP contribution in [0.2, 0.25) is 0 Å². The maximum atomic E-state index is 0. The molecule has 0 fully saturated rings. The van der Waals surface area contributed by atoms with E-state index in [1.807, 2.05) is 0 Å². The average molecular weight is 531 g/mol. The summed E-state index contributed by atoms with van der Waals surface area (Å²) in [5, 5.41) is 0. The van der Waals surface area contributed by atoms with E-state index in [4.69, 9.17) is 0 Å². The topological polar surface area (TPSA) is 0 Å². The van der Waals surface area contributed by atoms with Gasteiger partial charge in [0.25, 0.3) is 0 Å². The van der Waals surface area contributed by atoms with E-state index >= 15 is 0 Å². The van der Waals surface area contributed by atoms with Crippen molar-refractivity contribution in [1.82, 2.24) is 0 Å². The summed E-state index contributed by atoms with van der Waals surface area (Å²) in [5.41, 5.74) is 0. The maximum Gasteiger partial charge on any atom is 0 e. The Balaban J connectivity index is 0. The van der Waals surface area contributed by atoms with E-state index in [2.05, 4.69) is 0 Å². The summed E-state index contributed by atoms with van der Waals surface area (Å²) < 4.78 is 0. The second kappa shape index (κ2) is 15.7. The van der Waals surface area contributed by atoms with E-state index in [9.17, 15) is 0 Å². The molecule has 0 nitrogen and oxygen atoms in total. The van der Waals surface area contributed by atoms with Gasteiger partial charge in [-0.2, -0.15) is 0 Å². The summed E-state index contributed by atoms with van der Waals surface area (Å²) in [6.45, 7) is 0. The molecule has 23 valence electrons. The Morgan fingerprint density at radius 3 is 1.00 bits per heavy atom. The average Bonchev–Trinajstić information content (AvgIpc) is 0. The van der Waals surface area contributed by atoms with Crippen molar-refractivity contribution in [1.29, 1.82) is 0 Å². The number of hydrogen-bond donors (Lipinski definition) is 0. The number of halogens is 1. The fraction of sp³-hybridized carbons (Fsp3) is 0. The van der Waals surface area contributed by atoms with Crippen LogP contribution < -0.4 is 0 Å². The molecule has 0 aromatic carbocycles. The van der Waals surface area contributed by atoms with Crippen molar-refractivity contribution in [3.8, 4) is 0 Å². The molecule has 0 saturated heterocycles. The van der Waals surface area contributed by atoms with E-state index < -0.39 is 0 Å². The summed E-state index contributed by atoms with van der Waals surface area (Å²) in [5.74, 6) is 0. The van der Waals surface area contributed by atoms with Gasteiger partial charge in [0, 0.05) is 137 Å². The Kier molecular flexibility index (Phi) is 94.3. The first-order chi connectivity index (χ1) is 0. The van der Waals surface area contributed by atoms with Gasteiger partial charge in [-0.25, -0.2) is 0 Å². The van der Waals surface area contributed by atoms with Crippen LogP contribution in [0.4, 0.5) is 0 Å². The third-order valence-corrected chi connectivity index (χ3v) is 0. The van der Waals surface area contributed by atoms with Crippen LogP contribution in [0.5, 0.6) is 0 Å². The molecule has 4 heavy (non-hydrogen) atoms. The van der Waals surface area contributed by atoms with Crippen molar-refractivity contribution < 1.29 is 17.1 Å². The molecule has 0 unspecified atom stereocenters. The van der Waals surface area contributed by atoms with Gasteiger partial charge in [0.1, 0.15) is 0 Å². The van der Waals surface area contributed by atoms with Gasteiger partial charge in [-0.05, 0) is 0 Å². The Bertz CT molecular complexity index is 8.00. The molecule has 0 spiro atoms. The van der Waals surface area contributed by atoms with Crippen LogP contribution in [0, 0.1) is 0 Å². The van der Waals surface area contributed by atoms with Gasteiger partial charge in [0.15, 0.2) is 0 Å².